The molecule has 0 aliphatic rings. The van der Waals surface area contributed by atoms with E-state index in [2.05, 4.69) is 10.3 Å². The molecule has 136 valence electrons. The summed E-state index contributed by atoms with van der Waals surface area (Å²) >= 11 is 1.62. The van der Waals surface area contributed by atoms with Gasteiger partial charge in [0, 0.05) is 30.7 Å². The largest absolute Gasteiger partial charge is 0.455 e. The summed E-state index contributed by atoms with van der Waals surface area (Å²) in [6.45, 7) is 4.12. The Bertz CT molecular complexity index is 736. The van der Waals surface area contributed by atoms with Gasteiger partial charge >= 0.3 is 0 Å². The number of nitrogens with one attached hydrogen (secondary N) is 1. The van der Waals surface area contributed by atoms with Crippen LogP contribution in [0.5, 0.6) is 5.75 Å². The fourth-order valence-electron chi connectivity index (χ4n) is 2.40. The number of hydrogen-bond donors (Lipinski definition) is 1. The zero-order valence-electron chi connectivity index (χ0n) is 15.2. The summed E-state index contributed by atoms with van der Waals surface area (Å²) in [4.78, 5) is 17.9. The molecule has 1 atom stereocenters. The zero-order chi connectivity index (χ0) is 18.4. The zero-order valence-corrected chi connectivity index (χ0v) is 16.0. The minimum absolute atomic E-state index is 0.361. The number of ether oxygens (including phenoxy) is 3. The van der Waals surface area contributed by atoms with Crippen molar-refractivity contribution in [3.05, 3.63) is 30.5 Å². The highest BCUT2D eigenvalue weighted by Crippen LogP contribution is 2.24. The van der Waals surface area contributed by atoms with Gasteiger partial charge in [-0.05, 0) is 44.4 Å². The average Bonchev–Trinajstić information content (AvgIpc) is 2.58. The molecule has 0 radical (unpaired) electrons. The van der Waals surface area contributed by atoms with Crippen molar-refractivity contribution in [3.63, 3.8) is 0 Å². The highest BCUT2D eigenvalue weighted by Gasteiger charge is 2.27. The lowest BCUT2D eigenvalue weighted by atomic mass is 10.1. The Kier molecular flexibility index (Phi) is 6.64. The Balaban J connectivity index is 2.15. The van der Waals surface area contributed by atoms with Gasteiger partial charge in [0.15, 0.2) is 0 Å². The van der Waals surface area contributed by atoms with Crippen LogP contribution < -0.4 is 10.1 Å². The molecule has 6 nitrogen and oxygen atoms in total. The fourth-order valence-corrected chi connectivity index (χ4v) is 2.80. The predicted octanol–water partition coefficient (Wildman–Crippen LogP) is 2.85. The summed E-state index contributed by atoms with van der Waals surface area (Å²) in [5.41, 5.74) is 0.344. The van der Waals surface area contributed by atoms with E-state index < -0.39 is 11.8 Å². The molecule has 0 fully saturated rings. The molecule has 1 aromatic heterocycles. The molecule has 0 aliphatic carbocycles. The second-order valence-corrected chi connectivity index (χ2v) is 7.10. The smallest absolute Gasteiger partial charge is 0.290 e. The van der Waals surface area contributed by atoms with Gasteiger partial charge in [-0.2, -0.15) is 0 Å². The van der Waals surface area contributed by atoms with E-state index in [0.29, 0.717) is 12.4 Å². The Morgan fingerprint density at radius 3 is 2.72 bits per heavy atom. The highest BCUT2D eigenvalue weighted by molar-refractivity contribution is 7.98. The summed E-state index contributed by atoms with van der Waals surface area (Å²) < 4.78 is 16.0. The van der Waals surface area contributed by atoms with Crippen LogP contribution in [-0.4, -0.2) is 49.8 Å². The number of amides is 1. The first-order valence-electron chi connectivity index (χ1n) is 7.83. The molecule has 0 saturated carbocycles. The molecule has 0 saturated heterocycles. The van der Waals surface area contributed by atoms with Crippen molar-refractivity contribution in [1.29, 1.82) is 0 Å². The third-order valence-corrected chi connectivity index (χ3v) is 4.20. The van der Waals surface area contributed by atoms with E-state index in [9.17, 15) is 4.79 Å². The van der Waals surface area contributed by atoms with Crippen LogP contribution >= 0.6 is 11.8 Å². The number of methoxy groups -OCH3 is 2. The van der Waals surface area contributed by atoms with Gasteiger partial charge in [-0.25, -0.2) is 0 Å². The molecule has 25 heavy (non-hydrogen) atoms. The van der Waals surface area contributed by atoms with Crippen molar-refractivity contribution in [1.82, 2.24) is 10.3 Å². The number of rotatable bonds is 8. The number of hydrogen-bond acceptors (Lipinski definition) is 6. The number of benzene rings is 1. The van der Waals surface area contributed by atoms with Crippen LogP contribution in [0.2, 0.25) is 0 Å². The van der Waals surface area contributed by atoms with Crippen LogP contribution in [0.4, 0.5) is 0 Å². The normalized spacial score (nSPS) is 12.8. The molecular weight excluding hydrogens is 340 g/mol. The van der Waals surface area contributed by atoms with Crippen LogP contribution in [0.3, 0.4) is 0 Å². The summed E-state index contributed by atoms with van der Waals surface area (Å²) in [6.07, 6.45) is 2.78. The van der Waals surface area contributed by atoms with E-state index in [0.717, 1.165) is 15.8 Å². The van der Waals surface area contributed by atoms with Crippen LogP contribution in [0.1, 0.15) is 13.8 Å². The van der Waals surface area contributed by atoms with Crippen molar-refractivity contribution < 1.29 is 19.0 Å². The molecule has 0 spiro atoms. The average molecular weight is 364 g/mol. The van der Waals surface area contributed by atoms with Crippen LogP contribution in [0.15, 0.2) is 35.4 Å². The molecule has 2 aromatic rings. The third kappa shape index (κ3) is 5.32. The molecule has 7 heteroatoms. The molecule has 1 aromatic carbocycles. The van der Waals surface area contributed by atoms with Crippen molar-refractivity contribution in [2.45, 2.75) is 30.6 Å². The first-order valence-corrected chi connectivity index (χ1v) is 9.05. The molecule has 1 unspecified atom stereocenters. The Morgan fingerprint density at radius 1 is 1.32 bits per heavy atom. The molecule has 2 rings (SSSR count). The van der Waals surface area contributed by atoms with Crippen molar-refractivity contribution in [2.75, 3.05) is 27.1 Å². The number of nitrogens with zero attached hydrogens (tertiary/aromatic N) is 1. The summed E-state index contributed by atoms with van der Waals surface area (Å²) in [5, 5.41) is 3.80. The standard InChI is InChI=1S/C18H24N2O4S/c1-18(2,11-22-3)20-16(21)17(23-4)24-13-6-7-15-12(8-13)9-14(25-5)10-19-15/h6-10,17H,11H2,1-5H3,(H,20,21). The number of thioether (sulfide) groups is 1. The van der Waals surface area contributed by atoms with E-state index in [1.165, 1.54) is 7.11 Å². The van der Waals surface area contributed by atoms with E-state index in [-0.39, 0.29) is 5.91 Å². The molecule has 1 N–H and O–H groups in total. The number of fused-ring (bicyclic) bond motifs is 1. The minimum Gasteiger partial charge on any atom is -0.455 e. The van der Waals surface area contributed by atoms with Gasteiger partial charge in [0.25, 0.3) is 12.2 Å². The Labute approximate surface area is 152 Å². The van der Waals surface area contributed by atoms with Gasteiger partial charge in [0.1, 0.15) is 5.75 Å². The van der Waals surface area contributed by atoms with E-state index in [1.54, 1.807) is 24.9 Å². The van der Waals surface area contributed by atoms with Gasteiger partial charge in [0.2, 0.25) is 0 Å². The van der Waals surface area contributed by atoms with Crippen molar-refractivity contribution >= 4 is 28.6 Å². The second-order valence-electron chi connectivity index (χ2n) is 6.22. The van der Waals surface area contributed by atoms with E-state index >= 15 is 0 Å². The van der Waals surface area contributed by atoms with Crippen LogP contribution in [0, 0.1) is 0 Å². The maximum atomic E-state index is 12.4. The molecule has 1 amide bonds. The number of pyridine rings is 1. The van der Waals surface area contributed by atoms with E-state index in [1.807, 2.05) is 44.5 Å². The number of carbonyl (C=O) groups excluding carboxylic acids is 1. The highest BCUT2D eigenvalue weighted by atomic mass is 32.2. The maximum absolute atomic E-state index is 12.4. The molecule has 0 bridgehead atoms. The quantitative estimate of drug-likeness (QED) is 0.574. The van der Waals surface area contributed by atoms with Gasteiger partial charge in [-0.15, -0.1) is 11.8 Å². The number of carbonyl (C=O) groups is 1. The lowest BCUT2D eigenvalue weighted by Gasteiger charge is -2.27. The van der Waals surface area contributed by atoms with Gasteiger partial charge in [0.05, 0.1) is 17.7 Å². The molecule has 0 aliphatic heterocycles. The van der Waals surface area contributed by atoms with Gasteiger partial charge in [-0.1, -0.05) is 0 Å². The van der Waals surface area contributed by atoms with Gasteiger partial charge in [-0.3, -0.25) is 9.78 Å². The lowest BCUT2D eigenvalue weighted by molar-refractivity contribution is -0.150. The third-order valence-electron chi connectivity index (χ3n) is 3.50. The van der Waals surface area contributed by atoms with Crippen molar-refractivity contribution in [3.8, 4) is 5.75 Å². The topological polar surface area (TPSA) is 69.7 Å². The summed E-state index contributed by atoms with van der Waals surface area (Å²) in [7, 11) is 3.02. The molecular formula is C18H24N2O4S. The van der Waals surface area contributed by atoms with E-state index in [4.69, 9.17) is 14.2 Å². The number of aromatic nitrogens is 1. The first-order chi connectivity index (χ1) is 11.9. The Hall–Kier alpha value is -1.83. The summed E-state index contributed by atoms with van der Waals surface area (Å²) in [5.74, 6) is 0.180. The molecule has 1 heterocycles. The maximum Gasteiger partial charge on any atom is 0.290 e. The first kappa shape index (κ1) is 19.5. The van der Waals surface area contributed by atoms with Crippen LogP contribution in [-0.2, 0) is 14.3 Å². The van der Waals surface area contributed by atoms with Crippen LogP contribution in [0.25, 0.3) is 10.9 Å². The fraction of sp³-hybridized carbons (Fsp3) is 0.444. The SMILES string of the molecule is COCC(C)(C)NC(=O)C(OC)Oc1ccc2ncc(SC)cc2c1. The van der Waals surface area contributed by atoms with Gasteiger partial charge < -0.3 is 19.5 Å². The monoisotopic (exact) mass is 364 g/mol. The second kappa shape index (κ2) is 8.51. The summed E-state index contributed by atoms with van der Waals surface area (Å²) in [6, 6.07) is 7.51. The Morgan fingerprint density at radius 2 is 2.08 bits per heavy atom. The lowest BCUT2D eigenvalue weighted by Crippen LogP contribution is -2.52. The predicted molar refractivity (Wildman–Crippen MR) is 99.0 cm³/mol. The van der Waals surface area contributed by atoms with Crippen molar-refractivity contribution in [2.24, 2.45) is 0 Å². The minimum atomic E-state index is -1.05.